The molecule has 0 N–H and O–H groups in total. The summed E-state index contributed by atoms with van der Waals surface area (Å²) in [5.74, 6) is 0.710. The van der Waals surface area contributed by atoms with E-state index in [0.717, 1.165) is 10.9 Å². The van der Waals surface area contributed by atoms with E-state index in [1.807, 2.05) is 0 Å². The molecule has 0 bridgehead atoms. The van der Waals surface area contributed by atoms with Crippen molar-refractivity contribution in [3.8, 4) is 5.75 Å². The van der Waals surface area contributed by atoms with Crippen molar-refractivity contribution in [1.82, 2.24) is 4.98 Å². The van der Waals surface area contributed by atoms with Crippen molar-refractivity contribution in [3.63, 3.8) is 0 Å². The minimum absolute atomic E-state index is 0.428. The minimum atomic E-state index is 0.428. The standard InChI is InChI=1S/C9H9BrClNO/c1-2-3-4-13-8-5-9(11)12-6-7(8)10/h2,5-6H,1,3-4H2. The highest BCUT2D eigenvalue weighted by Crippen LogP contribution is 2.26. The SMILES string of the molecule is C=CCCOc1cc(Cl)ncc1Br. The Morgan fingerprint density at radius 3 is 3.15 bits per heavy atom. The highest BCUT2D eigenvalue weighted by molar-refractivity contribution is 9.10. The quantitative estimate of drug-likeness (QED) is 0.471. The summed E-state index contributed by atoms with van der Waals surface area (Å²) in [6.07, 6.45) is 4.23. The molecule has 0 unspecified atom stereocenters. The van der Waals surface area contributed by atoms with Gasteiger partial charge < -0.3 is 4.74 Å². The maximum absolute atomic E-state index is 5.70. The molecule has 0 fully saturated rings. The molecule has 1 rings (SSSR count). The van der Waals surface area contributed by atoms with Crippen LogP contribution in [0.2, 0.25) is 5.15 Å². The predicted octanol–water partition coefficient (Wildman–Crippen LogP) is 3.45. The second-order valence-electron chi connectivity index (χ2n) is 2.36. The molecule has 1 aromatic heterocycles. The largest absolute Gasteiger partial charge is 0.492 e. The molecule has 0 aliphatic carbocycles. The molecule has 13 heavy (non-hydrogen) atoms. The maximum Gasteiger partial charge on any atom is 0.138 e. The van der Waals surface area contributed by atoms with E-state index in [0.29, 0.717) is 17.5 Å². The first-order valence-electron chi connectivity index (χ1n) is 3.79. The van der Waals surface area contributed by atoms with Crippen LogP contribution in [0.5, 0.6) is 5.75 Å². The summed E-state index contributed by atoms with van der Waals surface area (Å²) in [7, 11) is 0. The number of halogens is 2. The lowest BCUT2D eigenvalue weighted by Crippen LogP contribution is -1.96. The Morgan fingerprint density at radius 1 is 1.69 bits per heavy atom. The van der Waals surface area contributed by atoms with E-state index in [1.165, 1.54) is 0 Å². The van der Waals surface area contributed by atoms with E-state index in [-0.39, 0.29) is 0 Å². The van der Waals surface area contributed by atoms with Crippen LogP contribution < -0.4 is 4.74 Å². The van der Waals surface area contributed by atoms with Gasteiger partial charge in [-0.15, -0.1) is 6.58 Å². The molecule has 70 valence electrons. The van der Waals surface area contributed by atoms with Gasteiger partial charge >= 0.3 is 0 Å². The van der Waals surface area contributed by atoms with Crippen LogP contribution in [-0.2, 0) is 0 Å². The van der Waals surface area contributed by atoms with Crippen LogP contribution in [0.25, 0.3) is 0 Å². The molecule has 1 heterocycles. The molecular weight excluding hydrogens is 253 g/mol. The van der Waals surface area contributed by atoms with Crippen molar-refractivity contribution in [2.75, 3.05) is 6.61 Å². The summed E-state index contributed by atoms with van der Waals surface area (Å²) in [6.45, 7) is 4.20. The number of ether oxygens (including phenoxy) is 1. The molecule has 0 radical (unpaired) electrons. The molecule has 0 spiro atoms. The summed E-state index contributed by atoms with van der Waals surface area (Å²) in [6, 6.07) is 1.68. The van der Waals surface area contributed by atoms with Gasteiger partial charge in [0.25, 0.3) is 0 Å². The predicted molar refractivity (Wildman–Crippen MR) is 57.3 cm³/mol. The van der Waals surface area contributed by atoms with Gasteiger partial charge in [0.2, 0.25) is 0 Å². The second-order valence-corrected chi connectivity index (χ2v) is 3.60. The lowest BCUT2D eigenvalue weighted by atomic mass is 10.4. The van der Waals surface area contributed by atoms with Gasteiger partial charge in [-0.25, -0.2) is 4.98 Å². The fraction of sp³-hybridized carbons (Fsp3) is 0.222. The van der Waals surface area contributed by atoms with E-state index in [4.69, 9.17) is 16.3 Å². The van der Waals surface area contributed by atoms with Gasteiger partial charge in [0.05, 0.1) is 11.1 Å². The lowest BCUT2D eigenvalue weighted by molar-refractivity contribution is 0.322. The van der Waals surface area contributed by atoms with Crippen LogP contribution in [0.1, 0.15) is 6.42 Å². The van der Waals surface area contributed by atoms with Crippen LogP contribution >= 0.6 is 27.5 Å². The summed E-state index contributed by atoms with van der Waals surface area (Å²) in [5, 5.41) is 0.428. The molecule has 0 amide bonds. The van der Waals surface area contributed by atoms with Crippen molar-refractivity contribution < 1.29 is 4.74 Å². The topological polar surface area (TPSA) is 22.1 Å². The third kappa shape index (κ3) is 3.36. The first-order valence-corrected chi connectivity index (χ1v) is 4.96. The van der Waals surface area contributed by atoms with Crippen LogP contribution in [-0.4, -0.2) is 11.6 Å². The number of nitrogens with zero attached hydrogens (tertiary/aromatic N) is 1. The number of hydrogen-bond donors (Lipinski definition) is 0. The number of hydrogen-bond acceptors (Lipinski definition) is 2. The van der Waals surface area contributed by atoms with E-state index >= 15 is 0 Å². The van der Waals surface area contributed by atoms with Crippen molar-refractivity contribution in [2.24, 2.45) is 0 Å². The first-order chi connectivity index (χ1) is 6.24. The highest BCUT2D eigenvalue weighted by atomic mass is 79.9. The Hall–Kier alpha value is -0.540. The molecule has 0 atom stereocenters. The fourth-order valence-corrected chi connectivity index (χ4v) is 1.24. The molecule has 1 aromatic rings. The molecule has 0 saturated heterocycles. The summed E-state index contributed by atoms with van der Waals surface area (Å²) in [4.78, 5) is 3.89. The summed E-state index contributed by atoms with van der Waals surface area (Å²) >= 11 is 9.01. The van der Waals surface area contributed by atoms with Crippen molar-refractivity contribution in [1.29, 1.82) is 0 Å². The normalized spacial score (nSPS) is 9.69. The highest BCUT2D eigenvalue weighted by Gasteiger charge is 2.01. The molecule has 0 aliphatic rings. The smallest absolute Gasteiger partial charge is 0.138 e. The van der Waals surface area contributed by atoms with Gasteiger partial charge in [-0.05, 0) is 22.4 Å². The first kappa shape index (κ1) is 10.5. The van der Waals surface area contributed by atoms with Crippen molar-refractivity contribution in [2.45, 2.75) is 6.42 Å². The van der Waals surface area contributed by atoms with Crippen molar-refractivity contribution in [3.05, 3.63) is 34.5 Å². The van der Waals surface area contributed by atoms with Crippen molar-refractivity contribution >= 4 is 27.5 Å². The summed E-state index contributed by atoms with van der Waals surface area (Å²) < 4.78 is 6.22. The zero-order chi connectivity index (χ0) is 9.68. The van der Waals surface area contributed by atoms with E-state index in [2.05, 4.69) is 27.5 Å². The molecular formula is C9H9BrClNO. The minimum Gasteiger partial charge on any atom is -0.492 e. The van der Waals surface area contributed by atoms with Gasteiger partial charge in [-0.2, -0.15) is 0 Å². The van der Waals surface area contributed by atoms with E-state index in [9.17, 15) is 0 Å². The third-order valence-electron chi connectivity index (χ3n) is 1.37. The van der Waals surface area contributed by atoms with Crippen LogP contribution in [0.4, 0.5) is 0 Å². The molecule has 4 heteroatoms. The monoisotopic (exact) mass is 261 g/mol. The van der Waals surface area contributed by atoms with Gasteiger partial charge in [-0.1, -0.05) is 17.7 Å². The Balaban J connectivity index is 2.64. The number of pyridine rings is 1. The van der Waals surface area contributed by atoms with Crippen LogP contribution in [0, 0.1) is 0 Å². The maximum atomic E-state index is 5.70. The zero-order valence-electron chi connectivity index (χ0n) is 6.96. The van der Waals surface area contributed by atoms with Gasteiger partial charge in [0, 0.05) is 12.3 Å². The van der Waals surface area contributed by atoms with E-state index in [1.54, 1.807) is 18.3 Å². The average Bonchev–Trinajstić information content (AvgIpc) is 2.11. The fourth-order valence-electron chi connectivity index (χ4n) is 0.759. The number of aromatic nitrogens is 1. The van der Waals surface area contributed by atoms with E-state index < -0.39 is 0 Å². The van der Waals surface area contributed by atoms with Crippen LogP contribution in [0.15, 0.2) is 29.4 Å². The van der Waals surface area contributed by atoms with Crippen LogP contribution in [0.3, 0.4) is 0 Å². The Bertz CT molecular complexity index is 304. The lowest BCUT2D eigenvalue weighted by Gasteiger charge is -2.06. The Morgan fingerprint density at radius 2 is 2.46 bits per heavy atom. The summed E-state index contributed by atoms with van der Waals surface area (Å²) in [5.41, 5.74) is 0. The number of rotatable bonds is 4. The Labute approximate surface area is 90.7 Å². The van der Waals surface area contributed by atoms with Gasteiger partial charge in [0.1, 0.15) is 10.9 Å². The zero-order valence-corrected chi connectivity index (χ0v) is 9.31. The molecule has 0 aromatic carbocycles. The van der Waals surface area contributed by atoms with Gasteiger partial charge in [-0.3, -0.25) is 0 Å². The molecule has 0 aliphatic heterocycles. The average molecular weight is 263 g/mol. The third-order valence-corrected chi connectivity index (χ3v) is 2.17. The second kappa shape index (κ2) is 5.25. The van der Waals surface area contributed by atoms with Gasteiger partial charge in [0.15, 0.2) is 0 Å². The molecule has 0 saturated carbocycles. The molecule has 2 nitrogen and oxygen atoms in total. The Kier molecular flexibility index (Phi) is 4.25.